The molecule has 0 spiro atoms. The van der Waals surface area contributed by atoms with Gasteiger partial charge in [0.05, 0.1) is 18.0 Å². The number of carbonyl (C=O) groups excluding carboxylic acids is 1. The van der Waals surface area contributed by atoms with Crippen LogP contribution in [0.4, 0.5) is 4.79 Å². The van der Waals surface area contributed by atoms with E-state index in [2.05, 4.69) is 12.2 Å². The fourth-order valence-electron chi connectivity index (χ4n) is 4.62. The van der Waals surface area contributed by atoms with Gasteiger partial charge in [0, 0.05) is 31.3 Å². The average molecular weight is 359 g/mol. The highest BCUT2D eigenvalue weighted by Gasteiger charge is 2.49. The second kappa shape index (κ2) is 6.16. The molecule has 2 amide bonds. The summed E-state index contributed by atoms with van der Waals surface area (Å²) in [5.41, 5.74) is -0.159. The van der Waals surface area contributed by atoms with Gasteiger partial charge in [0.15, 0.2) is 0 Å². The fourth-order valence-corrected chi connectivity index (χ4v) is 6.18. The normalized spacial score (nSPS) is 35.2. The molecule has 24 heavy (non-hydrogen) atoms. The van der Waals surface area contributed by atoms with Crippen LogP contribution in [0.25, 0.3) is 0 Å². The van der Waals surface area contributed by atoms with E-state index in [-0.39, 0.29) is 28.7 Å². The lowest BCUT2D eigenvalue weighted by Gasteiger charge is -2.39. The minimum absolute atomic E-state index is 0.0274. The number of fused-ring (bicyclic) bond motifs is 2. The van der Waals surface area contributed by atoms with Crippen molar-refractivity contribution in [2.24, 2.45) is 10.8 Å². The number of piperidine rings is 1. The molecule has 0 aromatic heterocycles. The van der Waals surface area contributed by atoms with Gasteiger partial charge in [-0.25, -0.2) is 13.2 Å². The van der Waals surface area contributed by atoms with E-state index in [4.69, 9.17) is 4.74 Å². The van der Waals surface area contributed by atoms with Crippen LogP contribution < -0.4 is 5.32 Å². The van der Waals surface area contributed by atoms with Crippen molar-refractivity contribution in [1.82, 2.24) is 10.2 Å². The van der Waals surface area contributed by atoms with Crippen molar-refractivity contribution < 1.29 is 17.9 Å². The van der Waals surface area contributed by atoms with E-state index in [1.54, 1.807) is 0 Å². The summed E-state index contributed by atoms with van der Waals surface area (Å²) in [7, 11) is -2.99. The first-order valence-corrected chi connectivity index (χ1v) is 11.0. The predicted octanol–water partition coefficient (Wildman–Crippen LogP) is 1.80. The lowest BCUT2D eigenvalue weighted by molar-refractivity contribution is 0.0669. The van der Waals surface area contributed by atoms with Gasteiger partial charge in [0.2, 0.25) is 0 Å². The Kier molecular flexibility index (Phi) is 4.62. The standard InChI is InChI=1S/C17H30N2O4S/c1-16(12-24(3,21)22)6-8-19(9-7-16)15(20)18-11-17(2)10-13-4-5-14(17)23-13/h13-14H,4-12H2,1-3H3,(H,18,20). The number of sulfone groups is 1. The molecule has 0 aromatic rings. The van der Waals surface area contributed by atoms with Crippen LogP contribution in [0.15, 0.2) is 0 Å². The van der Waals surface area contributed by atoms with Crippen LogP contribution >= 0.6 is 0 Å². The SMILES string of the molecule is CC1(CS(C)(=O)=O)CCN(C(=O)NCC2(C)CC3CCC2O3)CC1. The largest absolute Gasteiger partial charge is 0.374 e. The van der Waals surface area contributed by atoms with Crippen LogP contribution in [0.3, 0.4) is 0 Å². The first-order valence-electron chi connectivity index (χ1n) is 8.95. The molecule has 3 saturated heterocycles. The molecule has 3 unspecified atom stereocenters. The van der Waals surface area contributed by atoms with E-state index in [1.807, 2.05) is 11.8 Å². The second-order valence-electron chi connectivity index (χ2n) is 8.71. The van der Waals surface area contributed by atoms with Crippen LogP contribution in [0, 0.1) is 10.8 Å². The molecular weight excluding hydrogens is 328 g/mol. The first-order chi connectivity index (χ1) is 11.1. The molecular formula is C17H30N2O4S. The third-order valence-electron chi connectivity index (χ3n) is 6.09. The van der Waals surface area contributed by atoms with E-state index in [1.165, 1.54) is 6.26 Å². The van der Waals surface area contributed by atoms with Gasteiger partial charge < -0.3 is 15.0 Å². The molecule has 7 heteroatoms. The molecule has 0 saturated carbocycles. The Labute approximate surface area is 145 Å². The van der Waals surface area contributed by atoms with Gasteiger partial charge in [-0.2, -0.15) is 0 Å². The van der Waals surface area contributed by atoms with E-state index in [0.29, 0.717) is 25.7 Å². The summed E-state index contributed by atoms with van der Waals surface area (Å²) in [6.07, 6.45) is 6.70. The molecule has 138 valence electrons. The Balaban J connectivity index is 1.47. The van der Waals surface area contributed by atoms with Crippen molar-refractivity contribution in [3.63, 3.8) is 0 Å². The van der Waals surface area contributed by atoms with Crippen LogP contribution in [0.1, 0.15) is 46.0 Å². The molecule has 3 aliphatic heterocycles. The summed E-state index contributed by atoms with van der Waals surface area (Å²) in [5.74, 6) is 0.202. The number of ether oxygens (including phenoxy) is 1. The van der Waals surface area contributed by atoms with Crippen molar-refractivity contribution in [3.05, 3.63) is 0 Å². The third-order valence-corrected chi connectivity index (χ3v) is 7.31. The zero-order chi connectivity index (χ0) is 17.6. The number of rotatable bonds is 4. The van der Waals surface area contributed by atoms with E-state index in [0.717, 1.165) is 32.1 Å². The van der Waals surface area contributed by atoms with Crippen LogP contribution in [-0.2, 0) is 14.6 Å². The molecule has 0 aliphatic carbocycles. The lowest BCUT2D eigenvalue weighted by atomic mass is 9.75. The zero-order valence-corrected chi connectivity index (χ0v) is 15.8. The zero-order valence-electron chi connectivity index (χ0n) is 15.0. The topological polar surface area (TPSA) is 75.7 Å². The molecule has 2 bridgehead atoms. The van der Waals surface area contributed by atoms with Gasteiger partial charge in [-0.3, -0.25) is 0 Å². The number of hydrogen-bond acceptors (Lipinski definition) is 4. The summed E-state index contributed by atoms with van der Waals surface area (Å²) in [6.45, 7) is 6.12. The Morgan fingerprint density at radius 2 is 1.92 bits per heavy atom. The Morgan fingerprint density at radius 1 is 1.25 bits per heavy atom. The molecule has 3 atom stereocenters. The molecule has 1 N–H and O–H groups in total. The van der Waals surface area contributed by atoms with E-state index < -0.39 is 9.84 Å². The van der Waals surface area contributed by atoms with Gasteiger partial charge in [-0.15, -0.1) is 0 Å². The minimum Gasteiger partial charge on any atom is -0.374 e. The highest BCUT2D eigenvalue weighted by molar-refractivity contribution is 7.90. The Morgan fingerprint density at radius 3 is 2.42 bits per heavy atom. The summed E-state index contributed by atoms with van der Waals surface area (Å²) < 4.78 is 29.0. The van der Waals surface area contributed by atoms with E-state index >= 15 is 0 Å². The molecule has 0 radical (unpaired) electrons. The Hall–Kier alpha value is -0.820. The van der Waals surface area contributed by atoms with Crippen molar-refractivity contribution in [3.8, 4) is 0 Å². The number of nitrogens with zero attached hydrogens (tertiary/aromatic N) is 1. The lowest BCUT2D eigenvalue weighted by Crippen LogP contribution is -2.51. The third kappa shape index (κ3) is 3.87. The maximum atomic E-state index is 12.5. The number of amides is 2. The molecule has 3 heterocycles. The Bertz CT molecular complexity index is 598. The summed E-state index contributed by atoms with van der Waals surface area (Å²) >= 11 is 0. The first kappa shape index (κ1) is 18.0. The van der Waals surface area contributed by atoms with Gasteiger partial charge >= 0.3 is 6.03 Å². The van der Waals surface area contributed by atoms with Crippen molar-refractivity contribution in [1.29, 1.82) is 0 Å². The molecule has 0 aromatic carbocycles. The summed E-state index contributed by atoms with van der Waals surface area (Å²) in [5, 5.41) is 3.08. The monoisotopic (exact) mass is 358 g/mol. The fraction of sp³-hybridized carbons (Fsp3) is 0.941. The van der Waals surface area contributed by atoms with Crippen molar-refractivity contribution in [2.75, 3.05) is 31.6 Å². The van der Waals surface area contributed by atoms with Gasteiger partial charge in [-0.05, 0) is 37.5 Å². The van der Waals surface area contributed by atoms with Crippen molar-refractivity contribution >= 4 is 15.9 Å². The summed E-state index contributed by atoms with van der Waals surface area (Å²) in [4.78, 5) is 14.3. The molecule has 3 fully saturated rings. The molecule has 3 aliphatic rings. The smallest absolute Gasteiger partial charge is 0.317 e. The number of carbonyl (C=O) groups is 1. The quantitative estimate of drug-likeness (QED) is 0.831. The van der Waals surface area contributed by atoms with Gasteiger partial charge in [-0.1, -0.05) is 13.8 Å². The van der Waals surface area contributed by atoms with Crippen molar-refractivity contribution in [2.45, 2.75) is 58.2 Å². The average Bonchev–Trinajstić information content (AvgIpc) is 3.04. The van der Waals surface area contributed by atoms with Crippen LogP contribution in [0.2, 0.25) is 0 Å². The van der Waals surface area contributed by atoms with Crippen LogP contribution in [-0.4, -0.2) is 63.2 Å². The van der Waals surface area contributed by atoms with Gasteiger partial charge in [0.25, 0.3) is 0 Å². The maximum Gasteiger partial charge on any atom is 0.317 e. The number of likely N-dealkylation sites (tertiary alicyclic amines) is 1. The minimum atomic E-state index is -2.99. The number of urea groups is 1. The van der Waals surface area contributed by atoms with Gasteiger partial charge in [0.1, 0.15) is 9.84 Å². The summed E-state index contributed by atoms with van der Waals surface area (Å²) in [6, 6.07) is -0.0274. The highest BCUT2D eigenvalue weighted by atomic mass is 32.2. The number of hydrogen-bond donors (Lipinski definition) is 1. The maximum absolute atomic E-state index is 12.5. The number of nitrogens with one attached hydrogen (secondary N) is 1. The molecule has 6 nitrogen and oxygen atoms in total. The molecule has 3 rings (SSSR count). The second-order valence-corrected chi connectivity index (χ2v) is 10.8. The highest BCUT2D eigenvalue weighted by Crippen LogP contribution is 2.47. The van der Waals surface area contributed by atoms with Crippen LogP contribution in [0.5, 0.6) is 0 Å². The van der Waals surface area contributed by atoms with E-state index in [9.17, 15) is 13.2 Å². The predicted molar refractivity (Wildman–Crippen MR) is 92.6 cm³/mol.